The van der Waals surface area contributed by atoms with Gasteiger partial charge in [-0.25, -0.2) is 27.2 Å². The summed E-state index contributed by atoms with van der Waals surface area (Å²) < 4.78 is 49.2. The zero-order valence-electron chi connectivity index (χ0n) is 17.7. The number of carbonyl (C=O) groups excluding carboxylic acids is 1. The zero-order chi connectivity index (χ0) is 23.6. The van der Waals surface area contributed by atoms with Crippen molar-refractivity contribution in [2.75, 3.05) is 6.61 Å². The maximum Gasteiger partial charge on any atom is 0.268 e. The van der Waals surface area contributed by atoms with Crippen LogP contribution < -0.4 is 9.46 Å². The molecule has 0 atom stereocenters. The Morgan fingerprint density at radius 1 is 1.30 bits per heavy atom. The largest absolute Gasteiger partial charge is 0.476 e. The first-order valence-electron chi connectivity index (χ1n) is 10.1. The van der Waals surface area contributed by atoms with Crippen molar-refractivity contribution < 1.29 is 22.3 Å². The number of carbonyl (C=O) groups is 1. The standard InChI is InChI=1S/C20H20ClFN6O4S/c1-12-14(7-23-27(12)2)33(30,31)26-18(29)13-3-4-15(24-17(13)21)28-6-5-16(25-28)32-11-19-8-20(22,9-19)10-19/h3-7H,8-11H2,1-2H3,(H,26,29). The third kappa shape index (κ3) is 3.76. The van der Waals surface area contributed by atoms with E-state index in [1.54, 1.807) is 26.2 Å². The number of pyridine rings is 1. The zero-order valence-corrected chi connectivity index (χ0v) is 19.3. The van der Waals surface area contributed by atoms with Crippen molar-refractivity contribution in [2.45, 2.75) is 36.8 Å². The summed E-state index contributed by atoms with van der Waals surface area (Å²) in [7, 11) is -2.54. The molecule has 0 unspecified atom stereocenters. The molecule has 0 saturated heterocycles. The summed E-state index contributed by atoms with van der Waals surface area (Å²) in [6, 6.07) is 4.49. The molecule has 0 aromatic carbocycles. The molecule has 1 N–H and O–H groups in total. The fourth-order valence-electron chi connectivity index (χ4n) is 4.45. The Bertz CT molecular complexity index is 1370. The van der Waals surface area contributed by atoms with Gasteiger partial charge in [-0.2, -0.15) is 5.10 Å². The minimum absolute atomic E-state index is 0.0657. The van der Waals surface area contributed by atoms with Crippen LogP contribution in [-0.2, 0) is 17.1 Å². The Balaban J connectivity index is 1.27. The van der Waals surface area contributed by atoms with Crippen LogP contribution >= 0.6 is 11.6 Å². The lowest BCUT2D eigenvalue weighted by molar-refractivity contribution is -0.226. The van der Waals surface area contributed by atoms with Crippen LogP contribution in [0, 0.1) is 12.3 Å². The Kier molecular flexibility index (Phi) is 4.80. The van der Waals surface area contributed by atoms with Crippen molar-refractivity contribution in [1.29, 1.82) is 0 Å². The average Bonchev–Trinajstić information content (AvgIpc) is 3.30. The number of aryl methyl sites for hydroxylation is 1. The fraction of sp³-hybridized carbons (Fsp3) is 0.400. The number of nitrogens with zero attached hydrogens (tertiary/aromatic N) is 5. The summed E-state index contributed by atoms with van der Waals surface area (Å²) in [4.78, 5) is 16.6. The van der Waals surface area contributed by atoms with Crippen LogP contribution in [0.1, 0.15) is 35.3 Å². The highest BCUT2D eigenvalue weighted by molar-refractivity contribution is 7.90. The average molecular weight is 495 g/mol. The van der Waals surface area contributed by atoms with Crippen molar-refractivity contribution in [1.82, 2.24) is 29.3 Å². The van der Waals surface area contributed by atoms with Crippen molar-refractivity contribution in [3.05, 3.63) is 47.0 Å². The van der Waals surface area contributed by atoms with Crippen molar-refractivity contribution in [3.63, 3.8) is 0 Å². The molecule has 6 rings (SSSR count). The van der Waals surface area contributed by atoms with Gasteiger partial charge in [0, 0.05) is 24.7 Å². The van der Waals surface area contributed by atoms with E-state index in [4.69, 9.17) is 16.3 Å². The highest BCUT2D eigenvalue weighted by atomic mass is 35.5. The van der Waals surface area contributed by atoms with Gasteiger partial charge >= 0.3 is 0 Å². The molecule has 3 fully saturated rings. The predicted octanol–water partition coefficient (Wildman–Crippen LogP) is 2.35. The first kappa shape index (κ1) is 21.8. The number of alkyl halides is 1. The van der Waals surface area contributed by atoms with Gasteiger partial charge in [-0.3, -0.25) is 9.48 Å². The molecule has 3 aromatic heterocycles. The molecule has 1 amide bonds. The molecule has 174 valence electrons. The maximum absolute atomic E-state index is 13.6. The van der Waals surface area contributed by atoms with Crippen LogP contribution in [0.2, 0.25) is 5.15 Å². The van der Waals surface area contributed by atoms with E-state index >= 15 is 0 Å². The molecule has 33 heavy (non-hydrogen) atoms. The molecule has 0 aliphatic heterocycles. The van der Waals surface area contributed by atoms with Crippen LogP contribution in [0.4, 0.5) is 4.39 Å². The Morgan fingerprint density at radius 2 is 2.03 bits per heavy atom. The maximum atomic E-state index is 13.6. The first-order chi connectivity index (χ1) is 15.5. The number of ether oxygens (including phenoxy) is 1. The van der Waals surface area contributed by atoms with Gasteiger partial charge in [-0.1, -0.05) is 11.6 Å². The molecule has 3 aliphatic rings. The highest BCUT2D eigenvalue weighted by Crippen LogP contribution is 2.69. The van der Waals surface area contributed by atoms with Crippen LogP contribution in [0.3, 0.4) is 0 Å². The molecular weight excluding hydrogens is 475 g/mol. The summed E-state index contributed by atoms with van der Waals surface area (Å²) in [5.41, 5.74) is -0.778. The van der Waals surface area contributed by atoms with E-state index in [1.165, 1.54) is 21.5 Å². The molecule has 10 nitrogen and oxygen atoms in total. The van der Waals surface area contributed by atoms with Gasteiger partial charge in [0.25, 0.3) is 15.9 Å². The van der Waals surface area contributed by atoms with E-state index in [0.717, 1.165) is 6.20 Å². The van der Waals surface area contributed by atoms with Gasteiger partial charge in [0.2, 0.25) is 5.88 Å². The van der Waals surface area contributed by atoms with Crippen LogP contribution in [-0.4, -0.2) is 51.1 Å². The molecule has 0 spiro atoms. The second kappa shape index (κ2) is 7.26. The van der Waals surface area contributed by atoms with E-state index < -0.39 is 21.6 Å². The lowest BCUT2D eigenvalue weighted by Gasteiger charge is -2.65. The number of halogens is 2. The molecule has 3 saturated carbocycles. The predicted molar refractivity (Wildman–Crippen MR) is 115 cm³/mol. The summed E-state index contributed by atoms with van der Waals surface area (Å²) in [6.45, 7) is 1.98. The monoisotopic (exact) mass is 494 g/mol. The molecule has 13 heteroatoms. The fourth-order valence-corrected chi connectivity index (χ4v) is 5.86. The van der Waals surface area contributed by atoms with E-state index in [0.29, 0.717) is 43.3 Å². The highest BCUT2D eigenvalue weighted by Gasteiger charge is 2.69. The Labute approximate surface area is 193 Å². The van der Waals surface area contributed by atoms with E-state index in [-0.39, 0.29) is 21.0 Å². The smallest absolute Gasteiger partial charge is 0.268 e. The number of sulfonamides is 1. The van der Waals surface area contributed by atoms with E-state index in [9.17, 15) is 17.6 Å². The second-order valence-corrected chi connectivity index (χ2v) is 10.7. The van der Waals surface area contributed by atoms with Crippen molar-refractivity contribution in [2.24, 2.45) is 12.5 Å². The molecule has 2 bridgehead atoms. The number of rotatable bonds is 7. The number of nitrogens with one attached hydrogen (secondary N) is 1. The normalized spacial score (nSPS) is 23.5. The van der Waals surface area contributed by atoms with Gasteiger partial charge in [0.1, 0.15) is 15.7 Å². The number of hydrogen-bond acceptors (Lipinski definition) is 7. The lowest BCUT2D eigenvalue weighted by atomic mass is 9.43. The first-order valence-corrected chi connectivity index (χ1v) is 12.0. The summed E-state index contributed by atoms with van der Waals surface area (Å²) >= 11 is 6.17. The minimum Gasteiger partial charge on any atom is -0.476 e. The van der Waals surface area contributed by atoms with Gasteiger partial charge in [0.15, 0.2) is 5.82 Å². The summed E-state index contributed by atoms with van der Waals surface area (Å²) in [5, 5.41) is 7.96. The van der Waals surface area contributed by atoms with Gasteiger partial charge in [0.05, 0.1) is 24.1 Å². The molecule has 3 heterocycles. The number of hydrogen-bond donors (Lipinski definition) is 1. The van der Waals surface area contributed by atoms with Gasteiger partial charge < -0.3 is 4.74 Å². The van der Waals surface area contributed by atoms with Crippen LogP contribution in [0.25, 0.3) is 5.82 Å². The van der Waals surface area contributed by atoms with Crippen LogP contribution in [0.15, 0.2) is 35.5 Å². The van der Waals surface area contributed by atoms with Gasteiger partial charge in [-0.15, -0.1) is 5.10 Å². The quantitative estimate of drug-likeness (QED) is 0.500. The third-order valence-electron chi connectivity index (χ3n) is 6.19. The van der Waals surface area contributed by atoms with Gasteiger partial charge in [-0.05, 0) is 38.3 Å². The van der Waals surface area contributed by atoms with Crippen molar-refractivity contribution in [3.8, 4) is 11.7 Å². The molecule has 0 radical (unpaired) electrons. The second-order valence-electron chi connectivity index (χ2n) is 8.73. The molecule has 3 aromatic rings. The summed E-state index contributed by atoms with van der Waals surface area (Å²) in [6.07, 6.45) is 4.39. The van der Waals surface area contributed by atoms with E-state index in [1.807, 2.05) is 4.72 Å². The Morgan fingerprint density at radius 3 is 2.64 bits per heavy atom. The number of aromatic nitrogens is 5. The summed E-state index contributed by atoms with van der Waals surface area (Å²) in [5.74, 6) is -0.244. The Hall–Kier alpha value is -2.99. The topological polar surface area (TPSA) is 121 Å². The van der Waals surface area contributed by atoms with E-state index in [2.05, 4.69) is 15.2 Å². The minimum atomic E-state index is -4.14. The van der Waals surface area contributed by atoms with Crippen LogP contribution in [0.5, 0.6) is 5.88 Å². The van der Waals surface area contributed by atoms with Crippen molar-refractivity contribution >= 4 is 27.5 Å². The SMILES string of the molecule is Cc1c(S(=O)(=O)NC(=O)c2ccc(-n3ccc(OCC45CC(F)(C4)C5)n3)nc2Cl)cnn1C. The lowest BCUT2D eigenvalue weighted by Crippen LogP contribution is -2.66. The number of amides is 1. The molecular formula is C20H20ClFN6O4S. The molecule has 3 aliphatic carbocycles. The third-order valence-corrected chi connectivity index (χ3v) is 7.91.